The number of nitrogens with zero attached hydrogens (tertiary/aromatic N) is 3. The molecule has 1 aromatic carbocycles. The van der Waals surface area contributed by atoms with E-state index in [1.165, 1.54) is 0 Å². The first-order valence-corrected chi connectivity index (χ1v) is 9.09. The SMILES string of the molecule is CCc1nc([C@H]2CCCN(C(=O)[C@@H]3CCOc4ccccc43)C2)no1. The number of aromatic nitrogens is 2. The van der Waals surface area contributed by atoms with Crippen LogP contribution in [0.15, 0.2) is 28.8 Å². The van der Waals surface area contributed by atoms with E-state index in [9.17, 15) is 4.79 Å². The van der Waals surface area contributed by atoms with Crippen molar-refractivity contribution >= 4 is 5.91 Å². The first-order chi connectivity index (χ1) is 12.3. The second-order valence-electron chi connectivity index (χ2n) is 6.75. The van der Waals surface area contributed by atoms with Crippen LogP contribution in [0, 0.1) is 0 Å². The van der Waals surface area contributed by atoms with Crippen LogP contribution >= 0.6 is 0 Å². The van der Waals surface area contributed by atoms with Crippen molar-refractivity contribution in [2.75, 3.05) is 19.7 Å². The first kappa shape index (κ1) is 16.1. The van der Waals surface area contributed by atoms with Crippen LogP contribution in [0.4, 0.5) is 0 Å². The molecular weight excluding hydrogens is 318 g/mol. The first-order valence-electron chi connectivity index (χ1n) is 9.09. The molecule has 0 saturated carbocycles. The number of ether oxygens (including phenoxy) is 1. The van der Waals surface area contributed by atoms with E-state index in [4.69, 9.17) is 9.26 Å². The molecule has 0 radical (unpaired) electrons. The predicted octanol–water partition coefficient (Wildman–Crippen LogP) is 2.90. The van der Waals surface area contributed by atoms with E-state index in [1.807, 2.05) is 36.1 Å². The number of rotatable bonds is 3. The predicted molar refractivity (Wildman–Crippen MR) is 91.5 cm³/mol. The van der Waals surface area contributed by atoms with Crippen LogP contribution < -0.4 is 4.74 Å². The Kier molecular flexibility index (Phi) is 4.42. The number of aryl methyl sites for hydroxylation is 1. The monoisotopic (exact) mass is 341 g/mol. The molecule has 3 heterocycles. The van der Waals surface area contributed by atoms with Gasteiger partial charge in [-0.05, 0) is 25.3 Å². The lowest BCUT2D eigenvalue weighted by atomic mass is 9.90. The van der Waals surface area contributed by atoms with Gasteiger partial charge in [-0.3, -0.25) is 4.79 Å². The highest BCUT2D eigenvalue weighted by atomic mass is 16.5. The molecule has 0 aliphatic carbocycles. The summed E-state index contributed by atoms with van der Waals surface area (Å²) in [7, 11) is 0. The van der Waals surface area contributed by atoms with Crippen molar-refractivity contribution in [1.29, 1.82) is 0 Å². The number of hydrogen-bond donors (Lipinski definition) is 0. The molecule has 1 amide bonds. The molecule has 0 unspecified atom stereocenters. The molecule has 0 spiro atoms. The smallest absolute Gasteiger partial charge is 0.230 e. The number of carbonyl (C=O) groups excluding carboxylic acids is 1. The molecule has 2 atom stereocenters. The Hall–Kier alpha value is -2.37. The number of piperidine rings is 1. The Labute approximate surface area is 147 Å². The van der Waals surface area contributed by atoms with E-state index < -0.39 is 0 Å². The fourth-order valence-electron chi connectivity index (χ4n) is 3.78. The summed E-state index contributed by atoms with van der Waals surface area (Å²) in [6, 6.07) is 7.87. The Morgan fingerprint density at radius 3 is 3.04 bits per heavy atom. The van der Waals surface area contributed by atoms with E-state index in [0.717, 1.165) is 49.4 Å². The van der Waals surface area contributed by atoms with Gasteiger partial charge in [0.15, 0.2) is 5.82 Å². The van der Waals surface area contributed by atoms with Crippen molar-refractivity contribution in [2.24, 2.45) is 0 Å². The van der Waals surface area contributed by atoms with Crippen molar-refractivity contribution in [2.45, 2.75) is 44.4 Å². The van der Waals surface area contributed by atoms with E-state index in [-0.39, 0.29) is 17.7 Å². The molecule has 1 saturated heterocycles. The lowest BCUT2D eigenvalue weighted by Crippen LogP contribution is -2.42. The van der Waals surface area contributed by atoms with Gasteiger partial charge in [0.05, 0.1) is 12.5 Å². The fourth-order valence-corrected chi connectivity index (χ4v) is 3.78. The Balaban J connectivity index is 1.51. The summed E-state index contributed by atoms with van der Waals surface area (Å²) >= 11 is 0. The zero-order chi connectivity index (χ0) is 17.2. The summed E-state index contributed by atoms with van der Waals surface area (Å²) in [4.78, 5) is 19.6. The van der Waals surface area contributed by atoms with Crippen LogP contribution in [-0.4, -0.2) is 40.6 Å². The van der Waals surface area contributed by atoms with Crippen molar-refractivity contribution in [3.05, 3.63) is 41.5 Å². The van der Waals surface area contributed by atoms with Gasteiger partial charge in [0.1, 0.15) is 5.75 Å². The summed E-state index contributed by atoms with van der Waals surface area (Å²) in [6.07, 6.45) is 3.44. The molecule has 2 aliphatic heterocycles. The van der Waals surface area contributed by atoms with Gasteiger partial charge >= 0.3 is 0 Å². The summed E-state index contributed by atoms with van der Waals surface area (Å²) in [5, 5.41) is 4.11. The second-order valence-corrected chi connectivity index (χ2v) is 6.75. The third-order valence-electron chi connectivity index (χ3n) is 5.14. The third kappa shape index (κ3) is 3.13. The maximum Gasteiger partial charge on any atom is 0.230 e. The highest BCUT2D eigenvalue weighted by Gasteiger charge is 2.34. The molecule has 6 nitrogen and oxygen atoms in total. The minimum Gasteiger partial charge on any atom is -0.493 e. The average Bonchev–Trinajstić information content (AvgIpc) is 3.16. The van der Waals surface area contributed by atoms with E-state index in [1.54, 1.807) is 0 Å². The van der Waals surface area contributed by atoms with Gasteiger partial charge in [-0.25, -0.2) is 0 Å². The standard InChI is InChI=1S/C19H23N3O3/c1-2-17-20-18(21-25-17)13-6-5-10-22(12-13)19(23)15-9-11-24-16-8-4-3-7-14(15)16/h3-4,7-8,13,15H,2,5-6,9-12H2,1H3/t13-,15+/m0/s1. The Morgan fingerprint density at radius 1 is 1.32 bits per heavy atom. The number of benzene rings is 1. The number of amides is 1. The third-order valence-corrected chi connectivity index (χ3v) is 5.14. The number of carbonyl (C=O) groups is 1. The molecule has 1 fully saturated rings. The van der Waals surface area contributed by atoms with Gasteiger partial charge in [-0.15, -0.1) is 0 Å². The van der Waals surface area contributed by atoms with Crippen LogP contribution in [0.25, 0.3) is 0 Å². The van der Waals surface area contributed by atoms with Crippen LogP contribution in [-0.2, 0) is 11.2 Å². The molecule has 1 aromatic heterocycles. The molecule has 4 rings (SSSR count). The molecule has 2 aromatic rings. The molecule has 132 valence electrons. The van der Waals surface area contributed by atoms with Gasteiger partial charge in [-0.1, -0.05) is 30.3 Å². The van der Waals surface area contributed by atoms with Gasteiger partial charge in [0.2, 0.25) is 11.8 Å². The molecule has 0 bridgehead atoms. The topological polar surface area (TPSA) is 68.5 Å². The summed E-state index contributed by atoms with van der Waals surface area (Å²) in [5.74, 6) is 2.49. The minimum atomic E-state index is -0.111. The quantitative estimate of drug-likeness (QED) is 0.858. The number of hydrogen-bond acceptors (Lipinski definition) is 5. The molecule has 0 N–H and O–H groups in total. The highest BCUT2D eigenvalue weighted by Crippen LogP contribution is 2.36. The van der Waals surface area contributed by atoms with Crippen LogP contribution in [0.2, 0.25) is 0 Å². The zero-order valence-corrected chi connectivity index (χ0v) is 14.5. The lowest BCUT2D eigenvalue weighted by Gasteiger charge is -2.35. The summed E-state index contributed by atoms with van der Waals surface area (Å²) in [6.45, 7) is 4.06. The summed E-state index contributed by atoms with van der Waals surface area (Å²) in [5.41, 5.74) is 1.01. The highest BCUT2D eigenvalue weighted by molar-refractivity contribution is 5.85. The average molecular weight is 341 g/mol. The van der Waals surface area contributed by atoms with Gasteiger partial charge in [-0.2, -0.15) is 4.98 Å². The Bertz CT molecular complexity index is 758. The van der Waals surface area contributed by atoms with Crippen LogP contribution in [0.3, 0.4) is 0 Å². The summed E-state index contributed by atoms with van der Waals surface area (Å²) < 4.78 is 10.9. The van der Waals surface area contributed by atoms with Gasteiger partial charge in [0.25, 0.3) is 0 Å². The zero-order valence-electron chi connectivity index (χ0n) is 14.5. The van der Waals surface area contributed by atoms with E-state index >= 15 is 0 Å². The minimum absolute atomic E-state index is 0.111. The second kappa shape index (κ2) is 6.86. The van der Waals surface area contributed by atoms with Crippen molar-refractivity contribution < 1.29 is 14.1 Å². The van der Waals surface area contributed by atoms with Crippen molar-refractivity contribution in [3.8, 4) is 5.75 Å². The lowest BCUT2D eigenvalue weighted by molar-refractivity contribution is -0.134. The maximum atomic E-state index is 13.2. The Morgan fingerprint density at radius 2 is 2.20 bits per heavy atom. The number of likely N-dealkylation sites (tertiary alicyclic amines) is 1. The largest absolute Gasteiger partial charge is 0.493 e. The maximum absolute atomic E-state index is 13.2. The van der Waals surface area contributed by atoms with Gasteiger partial charge in [0, 0.05) is 31.0 Å². The number of fused-ring (bicyclic) bond motifs is 1. The van der Waals surface area contributed by atoms with E-state index in [2.05, 4.69) is 10.1 Å². The van der Waals surface area contributed by atoms with Crippen molar-refractivity contribution in [3.63, 3.8) is 0 Å². The van der Waals surface area contributed by atoms with Crippen LogP contribution in [0.1, 0.15) is 55.3 Å². The molecule has 6 heteroatoms. The molecule has 2 aliphatic rings. The van der Waals surface area contributed by atoms with Crippen LogP contribution in [0.5, 0.6) is 5.75 Å². The fraction of sp³-hybridized carbons (Fsp3) is 0.526. The normalized spacial score (nSPS) is 23.0. The van der Waals surface area contributed by atoms with Gasteiger partial charge < -0.3 is 14.2 Å². The number of para-hydroxylation sites is 1. The van der Waals surface area contributed by atoms with E-state index in [0.29, 0.717) is 19.0 Å². The van der Waals surface area contributed by atoms with Crippen molar-refractivity contribution in [1.82, 2.24) is 15.0 Å². The molecule has 25 heavy (non-hydrogen) atoms. The molecular formula is C19H23N3O3.